The number of hydrogen-bond donors (Lipinski definition) is 3. The summed E-state index contributed by atoms with van der Waals surface area (Å²) in [6.07, 6.45) is 5.73. The summed E-state index contributed by atoms with van der Waals surface area (Å²) >= 11 is 0. The van der Waals surface area contributed by atoms with Crippen molar-refractivity contribution in [1.29, 1.82) is 5.41 Å². The van der Waals surface area contributed by atoms with Gasteiger partial charge in [0.25, 0.3) is 0 Å². The van der Waals surface area contributed by atoms with Gasteiger partial charge in [0.05, 0.1) is 0 Å². The molecule has 0 saturated carbocycles. The first kappa shape index (κ1) is 19.2. The molecule has 0 spiro atoms. The van der Waals surface area contributed by atoms with E-state index in [1.54, 1.807) is 12.1 Å². The molecular weight excluding hydrogens is 314 g/mol. The number of ether oxygens (including phenoxy) is 1. The van der Waals surface area contributed by atoms with Crippen LogP contribution >= 0.6 is 12.4 Å². The first-order valence-corrected chi connectivity index (χ1v) is 7.61. The van der Waals surface area contributed by atoms with Crippen molar-refractivity contribution in [2.45, 2.75) is 32.4 Å². The topological polar surface area (TPSA) is 88.2 Å². The largest absolute Gasteiger partial charge is 0.384 e. The molecule has 0 aromatic heterocycles. The molecule has 2 rings (SSSR count). The monoisotopic (exact) mass is 337 g/mol. The van der Waals surface area contributed by atoms with Crippen molar-refractivity contribution in [3.05, 3.63) is 47.5 Å². The smallest absolute Gasteiger partial charge is 0.250 e. The van der Waals surface area contributed by atoms with Gasteiger partial charge >= 0.3 is 0 Å². The molecule has 23 heavy (non-hydrogen) atoms. The summed E-state index contributed by atoms with van der Waals surface area (Å²) in [7, 11) is 0. The van der Waals surface area contributed by atoms with Gasteiger partial charge in [0.15, 0.2) is 0 Å². The number of nitrogens with two attached hydrogens (primary N) is 1. The number of amides is 1. The minimum Gasteiger partial charge on any atom is -0.384 e. The summed E-state index contributed by atoms with van der Waals surface area (Å²) < 4.78 is 5.62. The van der Waals surface area contributed by atoms with Crippen molar-refractivity contribution < 1.29 is 9.53 Å². The van der Waals surface area contributed by atoms with Crippen LogP contribution in [0.1, 0.15) is 30.9 Å². The van der Waals surface area contributed by atoms with Gasteiger partial charge in [-0.05, 0) is 25.3 Å². The zero-order valence-electron chi connectivity index (χ0n) is 13.2. The summed E-state index contributed by atoms with van der Waals surface area (Å²) in [5.74, 6) is 0.133. The highest BCUT2D eigenvalue weighted by molar-refractivity contribution is 5.94. The quantitative estimate of drug-likeness (QED) is 0.405. The molecule has 4 N–H and O–H groups in total. The highest BCUT2D eigenvalue weighted by atomic mass is 35.5. The van der Waals surface area contributed by atoms with Crippen LogP contribution in [-0.4, -0.2) is 24.5 Å². The van der Waals surface area contributed by atoms with Crippen molar-refractivity contribution >= 4 is 24.1 Å². The molecule has 1 aromatic carbocycles. The van der Waals surface area contributed by atoms with Crippen LogP contribution in [0, 0.1) is 11.3 Å². The lowest BCUT2D eigenvalue weighted by molar-refractivity contribution is -0.135. The number of hydrogen-bond acceptors (Lipinski definition) is 3. The van der Waals surface area contributed by atoms with Crippen LogP contribution in [0.15, 0.2) is 36.4 Å². The molecule has 1 aromatic rings. The SMILES string of the molecule is CCOC(C(=O)NCc1ccc(C(=N)N)cc1)C1C=CCC1.Cl. The Hall–Kier alpha value is -1.85. The third kappa shape index (κ3) is 5.37. The standard InChI is InChI=1S/C17H23N3O2.ClH/c1-2-22-15(13-5-3-4-6-13)17(21)20-11-12-7-9-14(10-8-12)16(18)19;/h3,5,7-10,13,15H,2,4,6,11H2,1H3,(H3,18,19)(H,20,21);1H. The van der Waals surface area contributed by atoms with E-state index in [0.29, 0.717) is 18.7 Å². The van der Waals surface area contributed by atoms with Gasteiger partial charge in [-0.15, -0.1) is 12.4 Å². The number of carbonyl (C=O) groups is 1. The maximum Gasteiger partial charge on any atom is 0.250 e. The van der Waals surface area contributed by atoms with Crippen LogP contribution in [0.25, 0.3) is 0 Å². The Morgan fingerprint density at radius 3 is 2.65 bits per heavy atom. The molecule has 0 radical (unpaired) electrons. The minimum atomic E-state index is -0.416. The predicted octanol–water partition coefficient (Wildman–Crippen LogP) is 2.38. The molecule has 0 fully saturated rings. The molecule has 1 aliphatic carbocycles. The summed E-state index contributed by atoms with van der Waals surface area (Å²) in [6, 6.07) is 7.29. The van der Waals surface area contributed by atoms with E-state index in [-0.39, 0.29) is 30.1 Å². The number of nitrogens with one attached hydrogen (secondary N) is 2. The average Bonchev–Trinajstić information content (AvgIpc) is 3.04. The van der Waals surface area contributed by atoms with Crippen molar-refractivity contribution in [1.82, 2.24) is 5.32 Å². The van der Waals surface area contributed by atoms with Crippen molar-refractivity contribution in [3.8, 4) is 0 Å². The van der Waals surface area contributed by atoms with Gasteiger partial charge in [0.2, 0.25) is 5.91 Å². The van der Waals surface area contributed by atoms with Gasteiger partial charge in [-0.25, -0.2) is 0 Å². The van der Waals surface area contributed by atoms with Gasteiger partial charge < -0.3 is 15.8 Å². The number of benzene rings is 1. The van der Waals surface area contributed by atoms with E-state index in [1.165, 1.54) is 0 Å². The van der Waals surface area contributed by atoms with Gasteiger partial charge in [-0.1, -0.05) is 36.4 Å². The molecule has 126 valence electrons. The highest BCUT2D eigenvalue weighted by Gasteiger charge is 2.28. The summed E-state index contributed by atoms with van der Waals surface area (Å²) in [4.78, 5) is 12.3. The fourth-order valence-electron chi connectivity index (χ4n) is 2.57. The second-order valence-corrected chi connectivity index (χ2v) is 5.37. The molecule has 2 atom stereocenters. The third-order valence-corrected chi connectivity index (χ3v) is 3.78. The normalized spacial score (nSPS) is 17.3. The van der Waals surface area contributed by atoms with Crippen molar-refractivity contribution in [2.75, 3.05) is 6.61 Å². The molecule has 1 amide bonds. The maximum atomic E-state index is 12.3. The number of allylic oxidation sites excluding steroid dienone is 1. The van der Waals surface area contributed by atoms with Crippen LogP contribution in [0.5, 0.6) is 0 Å². The first-order chi connectivity index (χ1) is 10.6. The van der Waals surface area contributed by atoms with E-state index >= 15 is 0 Å². The second kappa shape index (κ2) is 9.33. The lowest BCUT2D eigenvalue weighted by atomic mass is 10.0. The van der Waals surface area contributed by atoms with Crippen molar-refractivity contribution in [3.63, 3.8) is 0 Å². The molecule has 0 saturated heterocycles. The maximum absolute atomic E-state index is 12.3. The Balaban J connectivity index is 0.00000264. The van der Waals surface area contributed by atoms with Gasteiger partial charge in [0, 0.05) is 24.6 Å². The average molecular weight is 338 g/mol. The van der Waals surface area contributed by atoms with E-state index in [9.17, 15) is 4.79 Å². The Morgan fingerprint density at radius 1 is 1.43 bits per heavy atom. The first-order valence-electron chi connectivity index (χ1n) is 7.61. The molecule has 2 unspecified atom stereocenters. The number of rotatable bonds is 7. The summed E-state index contributed by atoms with van der Waals surface area (Å²) in [5, 5.41) is 10.3. The zero-order valence-corrected chi connectivity index (χ0v) is 14.1. The number of carbonyl (C=O) groups excluding carboxylic acids is 1. The predicted molar refractivity (Wildman–Crippen MR) is 93.8 cm³/mol. The lowest BCUT2D eigenvalue weighted by Gasteiger charge is -2.21. The molecule has 0 heterocycles. The summed E-state index contributed by atoms with van der Waals surface area (Å²) in [6.45, 7) is 2.87. The molecule has 6 heteroatoms. The van der Waals surface area contributed by atoms with E-state index in [0.717, 1.165) is 18.4 Å². The third-order valence-electron chi connectivity index (χ3n) is 3.78. The molecular formula is C17H24ClN3O2. The number of nitrogen functional groups attached to an aromatic ring is 1. The van der Waals surface area contributed by atoms with Crippen LogP contribution in [0.4, 0.5) is 0 Å². The van der Waals surface area contributed by atoms with Crippen LogP contribution < -0.4 is 11.1 Å². The Bertz CT molecular complexity index is 557. The fourth-order valence-corrected chi connectivity index (χ4v) is 2.57. The van der Waals surface area contributed by atoms with E-state index in [4.69, 9.17) is 15.9 Å². The van der Waals surface area contributed by atoms with Crippen LogP contribution in [-0.2, 0) is 16.1 Å². The fraction of sp³-hybridized carbons (Fsp3) is 0.412. The molecule has 5 nitrogen and oxygen atoms in total. The Labute approximate surface area is 143 Å². The molecule has 1 aliphatic rings. The van der Waals surface area contributed by atoms with E-state index in [1.807, 2.05) is 19.1 Å². The molecule has 0 bridgehead atoms. The number of amidine groups is 1. The van der Waals surface area contributed by atoms with Gasteiger partial charge in [-0.3, -0.25) is 10.2 Å². The van der Waals surface area contributed by atoms with Gasteiger partial charge in [-0.2, -0.15) is 0 Å². The Kier molecular flexibility index (Phi) is 7.78. The Morgan fingerprint density at radius 2 is 2.13 bits per heavy atom. The zero-order chi connectivity index (χ0) is 15.9. The van der Waals surface area contributed by atoms with Crippen molar-refractivity contribution in [2.24, 2.45) is 11.7 Å². The van der Waals surface area contributed by atoms with Crippen LogP contribution in [0.3, 0.4) is 0 Å². The minimum absolute atomic E-state index is 0. The number of halogens is 1. The highest BCUT2D eigenvalue weighted by Crippen LogP contribution is 2.23. The van der Waals surface area contributed by atoms with Crippen LogP contribution in [0.2, 0.25) is 0 Å². The molecule has 0 aliphatic heterocycles. The summed E-state index contributed by atoms with van der Waals surface area (Å²) in [5.41, 5.74) is 7.07. The lowest BCUT2D eigenvalue weighted by Crippen LogP contribution is -2.40. The second-order valence-electron chi connectivity index (χ2n) is 5.37. The van der Waals surface area contributed by atoms with E-state index < -0.39 is 6.10 Å². The van der Waals surface area contributed by atoms with E-state index in [2.05, 4.69) is 17.5 Å². The van der Waals surface area contributed by atoms with Gasteiger partial charge in [0.1, 0.15) is 11.9 Å².